The van der Waals surface area contributed by atoms with Crippen LogP contribution in [0.3, 0.4) is 0 Å². The Labute approximate surface area is 116 Å². The van der Waals surface area contributed by atoms with Gasteiger partial charge in [0.1, 0.15) is 11.6 Å². The molecule has 0 spiro atoms. The van der Waals surface area contributed by atoms with Crippen molar-refractivity contribution in [2.45, 2.75) is 6.92 Å². The van der Waals surface area contributed by atoms with E-state index in [4.69, 9.17) is 10.5 Å². The molecule has 2 aromatic rings. The molecule has 0 saturated heterocycles. The van der Waals surface area contributed by atoms with Gasteiger partial charge in [-0.15, -0.1) is 0 Å². The van der Waals surface area contributed by atoms with Gasteiger partial charge in [0.2, 0.25) is 0 Å². The molecular weight excluding hydrogens is 258 g/mol. The molecule has 0 atom stereocenters. The van der Waals surface area contributed by atoms with E-state index < -0.39 is 6.03 Å². The number of carbonyl (C=O) groups is 1. The number of nitrogens with one attached hydrogen (secondary N) is 2. The van der Waals surface area contributed by atoms with E-state index >= 15 is 0 Å². The predicted molar refractivity (Wildman–Crippen MR) is 76.8 cm³/mol. The smallest absolute Gasteiger partial charge is 0.324 e. The van der Waals surface area contributed by atoms with E-state index in [1.54, 1.807) is 13.2 Å². The maximum atomic E-state index is 11.9. The van der Waals surface area contributed by atoms with Crippen molar-refractivity contribution < 1.29 is 9.53 Å². The fraction of sp³-hybridized carbons (Fsp3) is 0.154. The van der Waals surface area contributed by atoms with Crippen LogP contribution in [-0.2, 0) is 0 Å². The summed E-state index contributed by atoms with van der Waals surface area (Å²) in [5.41, 5.74) is 7.00. The van der Waals surface area contributed by atoms with Gasteiger partial charge in [0.25, 0.3) is 0 Å². The van der Waals surface area contributed by atoms with Crippen LogP contribution in [0.15, 0.2) is 30.6 Å². The first-order valence-electron chi connectivity index (χ1n) is 5.88. The zero-order valence-corrected chi connectivity index (χ0v) is 11.2. The van der Waals surface area contributed by atoms with E-state index in [2.05, 4.69) is 20.6 Å². The minimum Gasteiger partial charge on any atom is -0.495 e. The van der Waals surface area contributed by atoms with Crippen LogP contribution >= 0.6 is 0 Å². The first kappa shape index (κ1) is 13.6. The normalized spacial score (nSPS) is 9.90. The van der Waals surface area contributed by atoms with Crippen LogP contribution in [0.2, 0.25) is 0 Å². The Morgan fingerprint density at radius 3 is 2.70 bits per heavy atom. The van der Waals surface area contributed by atoms with Crippen LogP contribution in [0.4, 0.5) is 22.1 Å². The molecule has 0 unspecified atom stereocenters. The Morgan fingerprint density at radius 2 is 2.05 bits per heavy atom. The van der Waals surface area contributed by atoms with Gasteiger partial charge in [-0.05, 0) is 24.6 Å². The van der Waals surface area contributed by atoms with Crippen LogP contribution in [-0.4, -0.2) is 23.1 Å². The molecule has 0 aliphatic heterocycles. The molecule has 4 N–H and O–H groups in total. The lowest BCUT2D eigenvalue weighted by Crippen LogP contribution is -2.20. The third-order valence-electron chi connectivity index (χ3n) is 2.52. The molecular formula is C13H15N5O2. The second kappa shape index (κ2) is 5.87. The highest BCUT2D eigenvalue weighted by molar-refractivity contribution is 6.00. The summed E-state index contributed by atoms with van der Waals surface area (Å²) in [4.78, 5) is 19.6. The van der Waals surface area contributed by atoms with Crippen LogP contribution in [0, 0.1) is 6.92 Å². The monoisotopic (exact) mass is 273 g/mol. The maximum Gasteiger partial charge on any atom is 0.324 e. The average molecular weight is 273 g/mol. The summed E-state index contributed by atoms with van der Waals surface area (Å²) < 4.78 is 5.18. The second-order valence-electron chi connectivity index (χ2n) is 4.11. The summed E-state index contributed by atoms with van der Waals surface area (Å²) in [5.74, 6) is 1.17. The summed E-state index contributed by atoms with van der Waals surface area (Å²) in [6, 6.07) is 5.06. The summed E-state index contributed by atoms with van der Waals surface area (Å²) in [5, 5.41) is 5.24. The molecule has 0 bridgehead atoms. The number of nitrogens with zero attached hydrogens (tertiary/aromatic N) is 2. The first-order chi connectivity index (χ1) is 9.58. The summed E-state index contributed by atoms with van der Waals surface area (Å²) in [6.45, 7) is 1.92. The van der Waals surface area contributed by atoms with Gasteiger partial charge in [0.05, 0.1) is 25.2 Å². The number of benzene rings is 1. The minimum absolute atomic E-state index is 0.288. The number of hydrogen-bond acceptors (Lipinski definition) is 5. The fourth-order valence-corrected chi connectivity index (χ4v) is 1.59. The van der Waals surface area contributed by atoms with E-state index in [0.29, 0.717) is 17.3 Å². The number of rotatable bonds is 3. The first-order valence-corrected chi connectivity index (χ1v) is 5.88. The molecule has 0 saturated carbocycles. The van der Waals surface area contributed by atoms with Crippen molar-refractivity contribution in [1.82, 2.24) is 9.97 Å². The van der Waals surface area contributed by atoms with Crippen LogP contribution in [0.5, 0.6) is 5.75 Å². The lowest BCUT2D eigenvalue weighted by Gasteiger charge is -2.11. The molecule has 0 aliphatic rings. The number of anilines is 3. The van der Waals surface area contributed by atoms with Crippen molar-refractivity contribution in [3.05, 3.63) is 36.2 Å². The SMILES string of the molecule is COc1ccc(C)cc1NC(=O)Nc1cnc(N)cn1. The van der Waals surface area contributed by atoms with Gasteiger partial charge in [-0.25, -0.2) is 14.8 Å². The topological polar surface area (TPSA) is 102 Å². The van der Waals surface area contributed by atoms with Gasteiger partial charge in [-0.3, -0.25) is 5.32 Å². The number of nitrogen functional groups attached to an aromatic ring is 1. The third-order valence-corrected chi connectivity index (χ3v) is 2.52. The number of aromatic nitrogens is 2. The van der Waals surface area contributed by atoms with Gasteiger partial charge in [0.15, 0.2) is 5.82 Å². The number of hydrogen-bond donors (Lipinski definition) is 3. The van der Waals surface area contributed by atoms with E-state index in [1.165, 1.54) is 12.4 Å². The Kier molecular flexibility index (Phi) is 3.99. The standard InChI is InChI=1S/C13H15N5O2/c1-8-3-4-10(20-2)9(5-8)17-13(19)18-12-7-15-11(14)6-16-12/h3-7H,1-2H3,(H2,14,15)(H2,16,17,18,19). The summed E-state index contributed by atoms with van der Waals surface area (Å²) in [7, 11) is 1.54. The molecule has 1 aromatic carbocycles. The van der Waals surface area contributed by atoms with Crippen molar-refractivity contribution >= 4 is 23.4 Å². The Bertz CT molecular complexity index is 613. The molecule has 7 heteroatoms. The van der Waals surface area contributed by atoms with Crippen molar-refractivity contribution in [3.63, 3.8) is 0 Å². The Hall–Kier alpha value is -2.83. The maximum absolute atomic E-state index is 11.9. The number of carbonyl (C=O) groups excluding carboxylic acids is 1. The molecule has 1 heterocycles. The highest BCUT2D eigenvalue weighted by atomic mass is 16.5. The molecule has 1 aromatic heterocycles. The van der Waals surface area contributed by atoms with Gasteiger partial charge in [0, 0.05) is 0 Å². The molecule has 7 nitrogen and oxygen atoms in total. The van der Waals surface area contributed by atoms with E-state index in [1.807, 2.05) is 19.1 Å². The number of ether oxygens (including phenoxy) is 1. The Balaban J connectivity index is 2.08. The summed E-state index contributed by atoms with van der Waals surface area (Å²) in [6.07, 6.45) is 2.74. The average Bonchev–Trinajstić information content (AvgIpc) is 2.41. The Morgan fingerprint density at radius 1 is 1.25 bits per heavy atom. The zero-order chi connectivity index (χ0) is 14.5. The van der Waals surface area contributed by atoms with Gasteiger partial charge < -0.3 is 15.8 Å². The van der Waals surface area contributed by atoms with Crippen molar-refractivity contribution in [2.75, 3.05) is 23.5 Å². The molecule has 2 rings (SSSR count). The van der Waals surface area contributed by atoms with Crippen LogP contribution < -0.4 is 21.1 Å². The number of aryl methyl sites for hydroxylation is 1. The molecule has 0 fully saturated rings. The molecule has 0 aliphatic carbocycles. The third kappa shape index (κ3) is 3.35. The highest BCUT2D eigenvalue weighted by Crippen LogP contribution is 2.25. The number of methoxy groups -OCH3 is 1. The van der Waals surface area contributed by atoms with Crippen molar-refractivity contribution in [1.29, 1.82) is 0 Å². The number of urea groups is 1. The largest absolute Gasteiger partial charge is 0.495 e. The molecule has 0 radical (unpaired) electrons. The van der Waals surface area contributed by atoms with Crippen LogP contribution in [0.1, 0.15) is 5.56 Å². The lowest BCUT2D eigenvalue weighted by atomic mass is 10.2. The highest BCUT2D eigenvalue weighted by Gasteiger charge is 2.08. The zero-order valence-electron chi connectivity index (χ0n) is 11.2. The quantitative estimate of drug-likeness (QED) is 0.794. The van der Waals surface area contributed by atoms with Crippen molar-refractivity contribution in [3.8, 4) is 5.75 Å². The van der Waals surface area contributed by atoms with Gasteiger partial charge in [-0.1, -0.05) is 6.07 Å². The number of nitrogens with two attached hydrogens (primary N) is 1. The predicted octanol–water partition coefficient (Wildman–Crippen LogP) is 2.02. The molecule has 20 heavy (non-hydrogen) atoms. The van der Waals surface area contributed by atoms with E-state index in [0.717, 1.165) is 5.56 Å². The summed E-state index contributed by atoms with van der Waals surface area (Å²) >= 11 is 0. The van der Waals surface area contributed by atoms with Gasteiger partial charge in [-0.2, -0.15) is 0 Å². The van der Waals surface area contributed by atoms with E-state index in [9.17, 15) is 4.79 Å². The lowest BCUT2D eigenvalue weighted by molar-refractivity contribution is 0.262. The molecule has 104 valence electrons. The molecule has 2 amide bonds. The minimum atomic E-state index is -0.437. The van der Waals surface area contributed by atoms with E-state index in [-0.39, 0.29) is 5.82 Å². The second-order valence-corrected chi connectivity index (χ2v) is 4.11. The fourth-order valence-electron chi connectivity index (χ4n) is 1.59. The van der Waals surface area contributed by atoms with Gasteiger partial charge >= 0.3 is 6.03 Å². The van der Waals surface area contributed by atoms with Crippen molar-refractivity contribution in [2.24, 2.45) is 0 Å². The number of amides is 2. The van der Waals surface area contributed by atoms with Crippen LogP contribution in [0.25, 0.3) is 0 Å².